The Morgan fingerprint density at radius 2 is 2.00 bits per heavy atom. The van der Waals surface area contributed by atoms with E-state index >= 15 is 0 Å². The Kier molecular flexibility index (Phi) is 9.18. The highest BCUT2D eigenvalue weighted by Gasteiger charge is 2.22. The molecule has 0 spiro atoms. The molecule has 1 aromatic rings. The van der Waals surface area contributed by atoms with Gasteiger partial charge in [0.25, 0.3) is 0 Å². The number of rotatable bonds is 6. The van der Waals surface area contributed by atoms with Gasteiger partial charge in [-0.25, -0.2) is 9.67 Å². The van der Waals surface area contributed by atoms with Crippen molar-refractivity contribution in [1.82, 2.24) is 25.0 Å². The van der Waals surface area contributed by atoms with Crippen molar-refractivity contribution in [1.29, 1.82) is 0 Å². The van der Waals surface area contributed by atoms with E-state index in [9.17, 15) is 9.59 Å². The molecule has 9 heteroatoms. The maximum Gasteiger partial charge on any atom is 0.248 e. The van der Waals surface area contributed by atoms with Crippen molar-refractivity contribution in [3.05, 3.63) is 6.33 Å². The molecule has 2 aliphatic heterocycles. The van der Waals surface area contributed by atoms with Crippen LogP contribution in [0.2, 0.25) is 0 Å². The summed E-state index contributed by atoms with van der Waals surface area (Å²) in [4.78, 5) is 30.7. The van der Waals surface area contributed by atoms with Gasteiger partial charge in [0, 0.05) is 19.5 Å². The summed E-state index contributed by atoms with van der Waals surface area (Å²) in [5.41, 5.74) is 0. The standard InChI is InChI=1S/C19H32N6O2.ClH/c1-15(16-7-6-8-20-12-16)11-17(26)22-19-21-14-25(23-19)13-18(27)24-9-4-2-3-5-10-24;/h14-16,20H,2-13H2,1H3,(H,22,23,26);1H. The molecule has 2 fully saturated rings. The first-order valence-corrected chi connectivity index (χ1v) is 10.3. The number of hydrogen-bond acceptors (Lipinski definition) is 5. The average molecular weight is 413 g/mol. The lowest BCUT2D eigenvalue weighted by atomic mass is 9.85. The van der Waals surface area contributed by atoms with Crippen LogP contribution >= 0.6 is 12.4 Å². The Balaban J connectivity index is 0.00000280. The van der Waals surface area contributed by atoms with Gasteiger partial charge in [-0.2, -0.15) is 0 Å². The van der Waals surface area contributed by atoms with Gasteiger partial charge in [-0.1, -0.05) is 19.8 Å². The number of anilines is 1. The molecule has 2 N–H and O–H groups in total. The maximum absolute atomic E-state index is 12.4. The molecule has 158 valence electrons. The highest BCUT2D eigenvalue weighted by Crippen LogP contribution is 2.22. The topological polar surface area (TPSA) is 92.2 Å². The van der Waals surface area contributed by atoms with Crippen molar-refractivity contribution in [2.45, 2.75) is 58.4 Å². The van der Waals surface area contributed by atoms with Crippen molar-refractivity contribution in [2.75, 3.05) is 31.5 Å². The minimum atomic E-state index is -0.0651. The van der Waals surface area contributed by atoms with E-state index in [1.165, 1.54) is 36.7 Å². The third kappa shape index (κ3) is 6.74. The smallest absolute Gasteiger partial charge is 0.248 e. The summed E-state index contributed by atoms with van der Waals surface area (Å²) < 4.78 is 1.51. The Morgan fingerprint density at radius 1 is 1.25 bits per heavy atom. The van der Waals surface area contributed by atoms with Gasteiger partial charge in [0.1, 0.15) is 12.9 Å². The predicted molar refractivity (Wildman–Crippen MR) is 110 cm³/mol. The molecule has 0 aromatic carbocycles. The van der Waals surface area contributed by atoms with E-state index < -0.39 is 0 Å². The highest BCUT2D eigenvalue weighted by molar-refractivity contribution is 5.89. The molecule has 0 aliphatic carbocycles. The zero-order chi connectivity index (χ0) is 19.1. The van der Waals surface area contributed by atoms with E-state index in [-0.39, 0.29) is 36.7 Å². The second kappa shape index (κ2) is 11.4. The third-order valence-corrected chi connectivity index (χ3v) is 5.69. The predicted octanol–water partition coefficient (Wildman–Crippen LogP) is 2.07. The second-order valence-electron chi connectivity index (χ2n) is 7.90. The number of carbonyl (C=O) groups excluding carboxylic acids is 2. The number of halogens is 1. The first kappa shape index (κ1) is 22.6. The molecule has 2 unspecified atom stereocenters. The molecular weight excluding hydrogens is 380 g/mol. The molecule has 2 saturated heterocycles. The molecule has 0 saturated carbocycles. The summed E-state index contributed by atoms with van der Waals surface area (Å²) in [5, 5.41) is 10.4. The lowest BCUT2D eigenvalue weighted by molar-refractivity contribution is -0.132. The van der Waals surface area contributed by atoms with E-state index in [0.717, 1.165) is 39.0 Å². The molecule has 3 heterocycles. The normalized spacial score (nSPS) is 21.3. The fraction of sp³-hybridized carbons (Fsp3) is 0.789. The maximum atomic E-state index is 12.4. The lowest BCUT2D eigenvalue weighted by Gasteiger charge is -2.27. The lowest BCUT2D eigenvalue weighted by Crippen LogP contribution is -2.35. The summed E-state index contributed by atoms with van der Waals surface area (Å²) in [5.74, 6) is 1.14. The van der Waals surface area contributed by atoms with Crippen molar-refractivity contribution in [3.8, 4) is 0 Å². The molecule has 28 heavy (non-hydrogen) atoms. The van der Waals surface area contributed by atoms with Gasteiger partial charge in [0.2, 0.25) is 17.8 Å². The molecule has 3 rings (SSSR count). The van der Waals surface area contributed by atoms with Crippen LogP contribution in [0.25, 0.3) is 0 Å². The molecule has 1 aromatic heterocycles. The summed E-state index contributed by atoms with van der Waals surface area (Å²) in [7, 11) is 0. The minimum absolute atomic E-state index is 0. The van der Waals surface area contributed by atoms with Gasteiger partial charge in [-0.15, -0.1) is 17.5 Å². The van der Waals surface area contributed by atoms with Crippen LogP contribution in [-0.2, 0) is 16.1 Å². The van der Waals surface area contributed by atoms with Crippen LogP contribution in [0.4, 0.5) is 5.95 Å². The van der Waals surface area contributed by atoms with E-state index in [1.54, 1.807) is 0 Å². The molecular formula is C19H33ClN6O2. The first-order valence-electron chi connectivity index (χ1n) is 10.3. The number of likely N-dealkylation sites (tertiary alicyclic amines) is 1. The van der Waals surface area contributed by atoms with Crippen LogP contribution in [0, 0.1) is 11.8 Å². The molecule has 0 radical (unpaired) electrons. The van der Waals surface area contributed by atoms with Crippen molar-refractivity contribution in [3.63, 3.8) is 0 Å². The SMILES string of the molecule is CC(CC(=O)Nc1ncn(CC(=O)N2CCCCCC2)n1)C1CCCNC1.Cl. The van der Waals surface area contributed by atoms with Crippen molar-refractivity contribution in [2.24, 2.45) is 11.8 Å². The van der Waals surface area contributed by atoms with Gasteiger partial charge in [-0.05, 0) is 50.6 Å². The van der Waals surface area contributed by atoms with Gasteiger partial charge < -0.3 is 10.2 Å². The summed E-state index contributed by atoms with van der Waals surface area (Å²) in [6.45, 7) is 6.01. The van der Waals surface area contributed by atoms with Gasteiger partial charge >= 0.3 is 0 Å². The molecule has 2 amide bonds. The molecule has 0 bridgehead atoms. The van der Waals surface area contributed by atoms with Crippen molar-refractivity contribution >= 4 is 30.2 Å². The van der Waals surface area contributed by atoms with Gasteiger partial charge in [-0.3, -0.25) is 14.9 Å². The van der Waals surface area contributed by atoms with E-state index in [1.807, 2.05) is 4.90 Å². The average Bonchev–Trinajstić information content (AvgIpc) is 2.93. The zero-order valence-corrected chi connectivity index (χ0v) is 17.5. The number of piperidine rings is 1. The van der Waals surface area contributed by atoms with Crippen LogP contribution in [0.1, 0.15) is 51.9 Å². The van der Waals surface area contributed by atoms with E-state index in [2.05, 4.69) is 27.6 Å². The Bertz CT molecular complexity index is 624. The minimum Gasteiger partial charge on any atom is -0.341 e. The van der Waals surface area contributed by atoms with Gasteiger partial charge in [0.15, 0.2) is 0 Å². The van der Waals surface area contributed by atoms with Crippen LogP contribution in [-0.4, -0.2) is 57.7 Å². The van der Waals surface area contributed by atoms with E-state index in [4.69, 9.17) is 0 Å². The molecule has 8 nitrogen and oxygen atoms in total. The fourth-order valence-corrected chi connectivity index (χ4v) is 3.99. The fourth-order valence-electron chi connectivity index (χ4n) is 3.99. The van der Waals surface area contributed by atoms with Crippen LogP contribution in [0.5, 0.6) is 0 Å². The summed E-state index contributed by atoms with van der Waals surface area (Å²) >= 11 is 0. The van der Waals surface area contributed by atoms with Crippen LogP contribution < -0.4 is 10.6 Å². The third-order valence-electron chi connectivity index (χ3n) is 5.69. The number of nitrogens with one attached hydrogen (secondary N) is 2. The molecule has 2 atom stereocenters. The second-order valence-corrected chi connectivity index (χ2v) is 7.90. The van der Waals surface area contributed by atoms with Crippen LogP contribution in [0.3, 0.4) is 0 Å². The molecule has 2 aliphatic rings. The number of amides is 2. The summed E-state index contributed by atoms with van der Waals surface area (Å²) in [6, 6.07) is 0. The number of hydrogen-bond donors (Lipinski definition) is 2. The van der Waals surface area contributed by atoms with Crippen LogP contribution in [0.15, 0.2) is 6.33 Å². The first-order chi connectivity index (χ1) is 13.1. The Morgan fingerprint density at radius 3 is 2.68 bits per heavy atom. The number of carbonyl (C=O) groups is 2. The Hall–Kier alpha value is -1.67. The van der Waals surface area contributed by atoms with Crippen molar-refractivity contribution < 1.29 is 9.59 Å². The largest absolute Gasteiger partial charge is 0.341 e. The number of aromatic nitrogens is 3. The summed E-state index contributed by atoms with van der Waals surface area (Å²) in [6.07, 6.45) is 8.85. The number of nitrogens with zero attached hydrogens (tertiary/aromatic N) is 4. The highest BCUT2D eigenvalue weighted by atomic mass is 35.5. The van der Waals surface area contributed by atoms with E-state index in [0.29, 0.717) is 18.3 Å². The zero-order valence-electron chi connectivity index (χ0n) is 16.7. The van der Waals surface area contributed by atoms with Gasteiger partial charge in [0.05, 0.1) is 0 Å². The monoisotopic (exact) mass is 412 g/mol. The Labute approximate surface area is 173 Å². The quantitative estimate of drug-likeness (QED) is 0.746.